The van der Waals surface area contributed by atoms with Crippen molar-refractivity contribution in [2.24, 2.45) is 17.8 Å². The zero-order chi connectivity index (χ0) is 37.4. The average molecular weight is 753 g/mol. The molecular formula is C37H51F3N4O7S. The molecule has 4 bridgehead atoms. The highest BCUT2D eigenvalue weighted by Crippen LogP contribution is 2.57. The third kappa shape index (κ3) is 10.2. The lowest BCUT2D eigenvalue weighted by atomic mass is 9.54. The van der Waals surface area contributed by atoms with Crippen molar-refractivity contribution in [3.63, 3.8) is 0 Å². The van der Waals surface area contributed by atoms with Crippen molar-refractivity contribution in [3.8, 4) is 6.07 Å². The second kappa shape index (κ2) is 18.0. The minimum atomic E-state index is -4.78. The Bertz CT molecular complexity index is 1420. The van der Waals surface area contributed by atoms with Crippen LogP contribution >= 0.6 is 12.2 Å². The smallest absolute Gasteiger partial charge is 0.377 e. The van der Waals surface area contributed by atoms with E-state index >= 15 is 0 Å². The van der Waals surface area contributed by atoms with Gasteiger partial charge in [-0.05, 0) is 107 Å². The van der Waals surface area contributed by atoms with Crippen LogP contribution in [0.4, 0.5) is 18.9 Å². The number of amides is 2. The number of nitrogens with zero attached hydrogens (tertiary/aromatic N) is 3. The van der Waals surface area contributed by atoms with Crippen molar-refractivity contribution in [1.29, 1.82) is 5.26 Å². The Morgan fingerprint density at radius 3 is 2.00 bits per heavy atom. The number of hydrogen-bond acceptors (Lipinski definition) is 9. The monoisotopic (exact) mass is 752 g/mol. The average Bonchev–Trinajstić information content (AvgIpc) is 3.25. The molecule has 1 saturated heterocycles. The number of ether oxygens (including phenoxy) is 5. The molecule has 0 unspecified atom stereocenters. The topological polar surface area (TPSA) is 123 Å². The first-order valence-electron chi connectivity index (χ1n) is 18.3. The predicted molar refractivity (Wildman–Crippen MR) is 189 cm³/mol. The first kappa shape index (κ1) is 40.3. The van der Waals surface area contributed by atoms with E-state index in [1.54, 1.807) is 18.7 Å². The van der Waals surface area contributed by atoms with Crippen LogP contribution in [0.1, 0.15) is 76.3 Å². The van der Waals surface area contributed by atoms with Gasteiger partial charge in [-0.3, -0.25) is 14.5 Å². The van der Waals surface area contributed by atoms with Crippen molar-refractivity contribution < 1.29 is 46.4 Å². The minimum absolute atomic E-state index is 0.0346. The first-order chi connectivity index (χ1) is 24.8. The van der Waals surface area contributed by atoms with Crippen molar-refractivity contribution in [2.45, 2.75) is 82.5 Å². The maximum atomic E-state index is 13.5. The largest absolute Gasteiger partial charge is 0.417 e. The molecule has 0 spiro atoms. The maximum Gasteiger partial charge on any atom is 0.417 e. The van der Waals surface area contributed by atoms with Gasteiger partial charge in [0.2, 0.25) is 5.91 Å². The van der Waals surface area contributed by atoms with Crippen molar-refractivity contribution in [1.82, 2.24) is 10.2 Å². The molecule has 11 nitrogen and oxygen atoms in total. The molecule has 2 amide bonds. The number of carbonyl (C=O) groups is 2. The number of rotatable bonds is 21. The summed E-state index contributed by atoms with van der Waals surface area (Å²) in [7, 11) is 0. The number of carbonyl (C=O) groups excluding carboxylic acids is 2. The molecule has 0 atom stereocenters. The van der Waals surface area contributed by atoms with Crippen LogP contribution < -0.4 is 10.2 Å². The van der Waals surface area contributed by atoms with Crippen LogP contribution in [0.2, 0.25) is 0 Å². The molecule has 1 N–H and O–H groups in total. The second-order valence-electron chi connectivity index (χ2n) is 14.8. The SMILES string of the molecule is CC1(C)C(=O)N(c2ccc(C#N)c(C(F)(F)F)c2)C(=S)N1CCCC(=O)NCCOCCOCCOCCOCCOC12CC3CC(CC(C3)C1)C2. The van der Waals surface area contributed by atoms with E-state index in [1.165, 1.54) is 50.7 Å². The standard InChI is InChI=1S/C37H51F3N4O7S/c1-35(2)33(46)44(30-6-5-29(25-41)31(21-30)37(38,39)40)34(52)43(35)8-3-4-32(45)42-7-9-47-10-11-48-12-13-49-14-15-50-16-17-51-36-22-26-18-27(23-36)20-28(19-26)24-36/h5-6,21,26-28H,3-4,7-20,22-24H2,1-2H3,(H,42,45). The summed E-state index contributed by atoms with van der Waals surface area (Å²) >= 11 is 5.49. The molecule has 1 aromatic rings. The zero-order valence-electron chi connectivity index (χ0n) is 30.1. The lowest BCUT2D eigenvalue weighted by molar-refractivity contribution is -0.169. The van der Waals surface area contributed by atoms with E-state index in [9.17, 15) is 22.8 Å². The Morgan fingerprint density at radius 2 is 1.46 bits per heavy atom. The van der Waals surface area contributed by atoms with E-state index in [2.05, 4.69) is 5.32 Å². The molecule has 6 rings (SSSR count). The van der Waals surface area contributed by atoms with Gasteiger partial charge in [-0.25, -0.2) is 0 Å². The number of halogens is 3. The molecule has 0 radical (unpaired) electrons. The molecule has 5 fully saturated rings. The fourth-order valence-electron chi connectivity index (χ4n) is 8.48. The predicted octanol–water partition coefficient (Wildman–Crippen LogP) is 5.24. The van der Waals surface area contributed by atoms with E-state index in [-0.39, 0.29) is 35.3 Å². The van der Waals surface area contributed by atoms with E-state index in [0.29, 0.717) is 72.4 Å². The molecule has 0 aromatic heterocycles. The number of nitriles is 1. The van der Waals surface area contributed by atoms with E-state index in [1.807, 2.05) is 0 Å². The summed E-state index contributed by atoms with van der Waals surface area (Å²) in [4.78, 5) is 28.3. The second-order valence-corrected chi connectivity index (χ2v) is 15.2. The van der Waals surface area contributed by atoms with Crippen LogP contribution in [0.5, 0.6) is 0 Å². The van der Waals surface area contributed by atoms with Gasteiger partial charge in [-0.15, -0.1) is 0 Å². The third-order valence-electron chi connectivity index (χ3n) is 10.6. The summed E-state index contributed by atoms with van der Waals surface area (Å²) in [6.45, 7) is 8.06. The van der Waals surface area contributed by atoms with Crippen molar-refractivity contribution >= 4 is 34.8 Å². The maximum absolute atomic E-state index is 13.5. The van der Waals surface area contributed by atoms with Gasteiger partial charge in [-0.1, -0.05) is 0 Å². The lowest BCUT2D eigenvalue weighted by Crippen LogP contribution is -2.52. The zero-order valence-corrected chi connectivity index (χ0v) is 31.0. The van der Waals surface area contributed by atoms with Gasteiger partial charge in [0.25, 0.3) is 5.91 Å². The highest BCUT2D eigenvalue weighted by molar-refractivity contribution is 7.80. The Morgan fingerprint density at radius 1 is 0.923 bits per heavy atom. The molecule has 288 valence electrons. The molecule has 4 saturated carbocycles. The van der Waals surface area contributed by atoms with Gasteiger partial charge in [0.15, 0.2) is 5.11 Å². The lowest BCUT2D eigenvalue weighted by Gasteiger charge is -2.56. The molecular weight excluding hydrogens is 701 g/mol. The van der Waals surface area contributed by atoms with Gasteiger partial charge in [0.1, 0.15) is 5.54 Å². The molecule has 4 aliphatic carbocycles. The third-order valence-corrected chi connectivity index (χ3v) is 11.0. The summed E-state index contributed by atoms with van der Waals surface area (Å²) in [5, 5.41) is 11.9. The van der Waals surface area contributed by atoms with E-state index < -0.39 is 28.7 Å². The van der Waals surface area contributed by atoms with E-state index in [4.69, 9.17) is 41.2 Å². The van der Waals surface area contributed by atoms with Crippen LogP contribution in [0.25, 0.3) is 0 Å². The summed E-state index contributed by atoms with van der Waals surface area (Å²) < 4.78 is 69.3. The van der Waals surface area contributed by atoms with Crippen LogP contribution in [-0.2, 0) is 39.4 Å². The Hall–Kier alpha value is -2.87. The number of hydrogen-bond donors (Lipinski definition) is 1. The highest BCUT2D eigenvalue weighted by Gasteiger charge is 2.52. The summed E-state index contributed by atoms with van der Waals surface area (Å²) in [5.74, 6) is 1.93. The van der Waals surface area contributed by atoms with Crippen LogP contribution in [-0.4, -0.2) is 106 Å². The quantitative estimate of drug-likeness (QED) is 0.132. The van der Waals surface area contributed by atoms with Gasteiger partial charge in [-0.2, -0.15) is 18.4 Å². The minimum Gasteiger partial charge on any atom is -0.377 e. The van der Waals surface area contributed by atoms with Gasteiger partial charge < -0.3 is 33.9 Å². The first-order valence-corrected chi connectivity index (χ1v) is 18.7. The van der Waals surface area contributed by atoms with Crippen LogP contribution in [0, 0.1) is 29.1 Å². The summed E-state index contributed by atoms with van der Waals surface area (Å²) in [6, 6.07) is 4.59. The Balaban J connectivity index is 0.847. The number of anilines is 1. The number of thiocarbonyl (C=S) groups is 1. The molecule has 52 heavy (non-hydrogen) atoms. The molecule has 1 heterocycles. The van der Waals surface area contributed by atoms with Crippen LogP contribution in [0.3, 0.4) is 0 Å². The highest BCUT2D eigenvalue weighted by atomic mass is 32.1. The molecule has 5 aliphatic rings. The van der Waals surface area contributed by atoms with Gasteiger partial charge in [0, 0.05) is 19.5 Å². The molecule has 1 aromatic carbocycles. The van der Waals surface area contributed by atoms with E-state index in [0.717, 1.165) is 34.8 Å². The number of alkyl halides is 3. The van der Waals surface area contributed by atoms with Gasteiger partial charge in [0.05, 0.1) is 87.9 Å². The van der Waals surface area contributed by atoms with Crippen LogP contribution in [0.15, 0.2) is 18.2 Å². The fourth-order valence-corrected chi connectivity index (χ4v) is 8.99. The Labute approximate surface area is 309 Å². The fraction of sp³-hybridized carbons (Fsp3) is 0.730. The summed E-state index contributed by atoms with van der Waals surface area (Å²) in [6.07, 6.45) is 3.68. The van der Waals surface area contributed by atoms with Gasteiger partial charge >= 0.3 is 6.18 Å². The Kier molecular flexibility index (Phi) is 13.9. The summed E-state index contributed by atoms with van der Waals surface area (Å²) in [5.41, 5.74) is -2.77. The number of benzene rings is 1. The van der Waals surface area contributed by atoms with Crippen molar-refractivity contribution in [2.75, 3.05) is 77.5 Å². The number of nitrogens with one attached hydrogen (secondary N) is 1. The van der Waals surface area contributed by atoms with Crippen molar-refractivity contribution in [3.05, 3.63) is 29.3 Å². The normalized spacial score (nSPS) is 24.9. The molecule has 1 aliphatic heterocycles. The molecule has 15 heteroatoms.